The zero-order valence-electron chi connectivity index (χ0n) is 16.2. The third-order valence-electron chi connectivity index (χ3n) is 4.25. The summed E-state index contributed by atoms with van der Waals surface area (Å²) >= 11 is 5.57. The summed E-state index contributed by atoms with van der Waals surface area (Å²) in [4.78, 5) is 27.7. The predicted molar refractivity (Wildman–Crippen MR) is 113 cm³/mol. The number of nitrogens with zero attached hydrogens (tertiary/aromatic N) is 1. The van der Waals surface area contributed by atoms with Gasteiger partial charge in [0.1, 0.15) is 11.5 Å². The molecule has 0 aromatic heterocycles. The summed E-state index contributed by atoms with van der Waals surface area (Å²) in [6.45, 7) is 6.94. The molecule has 1 N–H and O–H groups in total. The number of carbonyl (C=O) groups is 2. The van der Waals surface area contributed by atoms with E-state index in [9.17, 15) is 22.8 Å². The Morgan fingerprint density at radius 3 is 2.38 bits per heavy atom. The van der Waals surface area contributed by atoms with Crippen molar-refractivity contribution < 1.29 is 27.5 Å². The molecule has 9 heteroatoms. The van der Waals surface area contributed by atoms with E-state index in [1.54, 1.807) is 36.4 Å². The van der Waals surface area contributed by atoms with Crippen LogP contribution >= 0.6 is 11.6 Å². The van der Waals surface area contributed by atoms with Gasteiger partial charge < -0.3 is 10.1 Å². The molecule has 0 aliphatic heterocycles. The number of Topliss-reactive ketones (excluding diaryl/α,β-unsaturated/α-hetero) is 1. The zero-order valence-corrected chi connectivity index (χ0v) is 17.0. The Labute approximate surface area is 186 Å². The Morgan fingerprint density at radius 2 is 1.72 bits per heavy atom. The number of hydrogen-bond donors (Lipinski definition) is 1. The SMILES string of the molecule is [C-]#[N+]c1ccc(Oc2cccc(NC(=O)C(=O)Cc3ccc(Cl)c(C(F)(F)F)c3)c2)cc1. The molecule has 0 saturated heterocycles. The fraction of sp³-hybridized carbons (Fsp3) is 0.0870. The van der Waals surface area contributed by atoms with Gasteiger partial charge in [-0.05, 0) is 42.0 Å². The molecule has 0 aliphatic rings. The van der Waals surface area contributed by atoms with Crippen molar-refractivity contribution >= 4 is 34.7 Å². The van der Waals surface area contributed by atoms with Crippen molar-refractivity contribution in [2.24, 2.45) is 0 Å². The Kier molecular flexibility index (Phi) is 6.81. The third kappa shape index (κ3) is 5.86. The van der Waals surface area contributed by atoms with E-state index in [-0.39, 0.29) is 11.3 Å². The number of nitrogens with one attached hydrogen (secondary N) is 1. The highest BCUT2D eigenvalue weighted by atomic mass is 35.5. The topological polar surface area (TPSA) is 59.8 Å². The van der Waals surface area contributed by atoms with Crippen molar-refractivity contribution in [2.75, 3.05) is 5.32 Å². The van der Waals surface area contributed by atoms with Crippen molar-refractivity contribution in [1.82, 2.24) is 0 Å². The van der Waals surface area contributed by atoms with Crippen LogP contribution in [0.15, 0.2) is 66.7 Å². The number of benzene rings is 3. The van der Waals surface area contributed by atoms with Crippen LogP contribution in [0.3, 0.4) is 0 Å². The van der Waals surface area contributed by atoms with Gasteiger partial charge in [0.15, 0.2) is 5.69 Å². The molecule has 1 amide bonds. The van der Waals surface area contributed by atoms with E-state index in [4.69, 9.17) is 22.9 Å². The van der Waals surface area contributed by atoms with Gasteiger partial charge in [-0.2, -0.15) is 13.2 Å². The molecule has 3 rings (SSSR count). The summed E-state index contributed by atoms with van der Waals surface area (Å²) in [6, 6.07) is 15.7. The maximum absolute atomic E-state index is 13.0. The number of alkyl halides is 3. The number of carbonyl (C=O) groups excluding carboxylic acids is 2. The maximum atomic E-state index is 13.0. The Bertz CT molecular complexity index is 1200. The number of ether oxygens (including phenoxy) is 1. The number of anilines is 1. The van der Waals surface area contributed by atoms with Crippen molar-refractivity contribution in [3.8, 4) is 11.5 Å². The zero-order chi connectivity index (χ0) is 23.3. The van der Waals surface area contributed by atoms with Gasteiger partial charge in [-0.1, -0.05) is 35.9 Å². The van der Waals surface area contributed by atoms with Crippen molar-refractivity contribution in [3.05, 3.63) is 94.3 Å². The fourth-order valence-electron chi connectivity index (χ4n) is 2.73. The number of amides is 1. The van der Waals surface area contributed by atoms with Crippen LogP contribution in [-0.2, 0) is 22.2 Å². The molecule has 5 nitrogen and oxygen atoms in total. The summed E-state index contributed by atoms with van der Waals surface area (Å²) < 4.78 is 44.6. The van der Waals surface area contributed by atoms with Gasteiger partial charge in [-0.15, -0.1) is 0 Å². The van der Waals surface area contributed by atoms with Gasteiger partial charge in [0.25, 0.3) is 5.91 Å². The molecule has 0 radical (unpaired) electrons. The number of halogens is 4. The van der Waals surface area contributed by atoms with E-state index < -0.39 is 34.9 Å². The smallest absolute Gasteiger partial charge is 0.417 e. The lowest BCUT2D eigenvalue weighted by Gasteiger charge is -2.11. The molecule has 0 spiro atoms. The van der Waals surface area contributed by atoms with E-state index in [1.807, 2.05) is 0 Å². The second kappa shape index (κ2) is 9.54. The number of hydrogen-bond acceptors (Lipinski definition) is 3. The molecular weight excluding hydrogens is 445 g/mol. The van der Waals surface area contributed by atoms with Crippen LogP contribution in [0, 0.1) is 6.57 Å². The highest BCUT2D eigenvalue weighted by molar-refractivity contribution is 6.41. The van der Waals surface area contributed by atoms with Crippen LogP contribution in [-0.4, -0.2) is 11.7 Å². The minimum atomic E-state index is -4.67. The van der Waals surface area contributed by atoms with Gasteiger partial charge in [-0.3, -0.25) is 9.59 Å². The van der Waals surface area contributed by atoms with E-state index in [1.165, 1.54) is 18.2 Å². The lowest BCUT2D eigenvalue weighted by atomic mass is 10.0. The molecule has 0 heterocycles. The van der Waals surface area contributed by atoms with Crippen LogP contribution < -0.4 is 10.1 Å². The molecule has 32 heavy (non-hydrogen) atoms. The van der Waals surface area contributed by atoms with Crippen LogP contribution in [0.5, 0.6) is 11.5 Å². The first-order chi connectivity index (χ1) is 15.2. The highest BCUT2D eigenvalue weighted by Crippen LogP contribution is 2.35. The molecule has 0 fully saturated rings. The van der Waals surface area contributed by atoms with Crippen LogP contribution in [0.1, 0.15) is 11.1 Å². The normalized spacial score (nSPS) is 10.8. The summed E-state index contributed by atoms with van der Waals surface area (Å²) in [6.07, 6.45) is -5.19. The summed E-state index contributed by atoms with van der Waals surface area (Å²) in [5.74, 6) is -1.05. The fourth-order valence-corrected chi connectivity index (χ4v) is 2.95. The van der Waals surface area contributed by atoms with Crippen LogP contribution in [0.4, 0.5) is 24.5 Å². The first-order valence-electron chi connectivity index (χ1n) is 9.11. The second-order valence-corrected chi connectivity index (χ2v) is 7.01. The van der Waals surface area contributed by atoms with Gasteiger partial charge in [0, 0.05) is 18.2 Å². The Balaban J connectivity index is 1.66. The van der Waals surface area contributed by atoms with Gasteiger partial charge in [0.2, 0.25) is 5.78 Å². The minimum Gasteiger partial charge on any atom is -0.457 e. The lowest BCUT2D eigenvalue weighted by molar-refractivity contribution is -0.137. The molecule has 162 valence electrons. The van der Waals surface area contributed by atoms with E-state index in [0.29, 0.717) is 17.2 Å². The first-order valence-corrected chi connectivity index (χ1v) is 9.49. The minimum absolute atomic E-state index is 0.0156. The van der Waals surface area contributed by atoms with E-state index in [2.05, 4.69) is 10.2 Å². The molecule has 0 atom stereocenters. The molecule has 3 aromatic carbocycles. The van der Waals surface area contributed by atoms with Crippen LogP contribution in [0.2, 0.25) is 5.02 Å². The molecule has 0 bridgehead atoms. The van der Waals surface area contributed by atoms with E-state index >= 15 is 0 Å². The first kappa shape index (κ1) is 22.8. The molecule has 0 saturated carbocycles. The summed E-state index contributed by atoms with van der Waals surface area (Å²) in [5, 5.41) is 1.92. The average molecular weight is 459 g/mol. The molecule has 0 aliphatic carbocycles. The van der Waals surface area contributed by atoms with E-state index in [0.717, 1.165) is 12.1 Å². The second-order valence-electron chi connectivity index (χ2n) is 6.60. The average Bonchev–Trinajstić information content (AvgIpc) is 2.75. The Hall–Kier alpha value is -3.83. The van der Waals surface area contributed by atoms with Gasteiger partial charge in [0.05, 0.1) is 17.2 Å². The molecule has 3 aromatic rings. The number of ketones is 1. The molecular formula is C23H14ClF3N2O3. The quantitative estimate of drug-likeness (QED) is 0.341. The van der Waals surface area contributed by atoms with Crippen molar-refractivity contribution in [1.29, 1.82) is 0 Å². The number of rotatable bonds is 6. The summed E-state index contributed by atoms with van der Waals surface area (Å²) in [5.41, 5.74) is -0.327. The molecule has 0 unspecified atom stereocenters. The van der Waals surface area contributed by atoms with Crippen LogP contribution in [0.25, 0.3) is 4.85 Å². The monoisotopic (exact) mass is 458 g/mol. The third-order valence-corrected chi connectivity index (χ3v) is 4.58. The highest BCUT2D eigenvalue weighted by Gasteiger charge is 2.33. The summed E-state index contributed by atoms with van der Waals surface area (Å²) in [7, 11) is 0. The largest absolute Gasteiger partial charge is 0.457 e. The van der Waals surface area contributed by atoms with Gasteiger partial charge in [-0.25, -0.2) is 4.85 Å². The van der Waals surface area contributed by atoms with Crippen molar-refractivity contribution in [2.45, 2.75) is 12.6 Å². The van der Waals surface area contributed by atoms with Gasteiger partial charge >= 0.3 is 6.18 Å². The maximum Gasteiger partial charge on any atom is 0.417 e. The predicted octanol–water partition coefficient (Wildman–Crippen LogP) is 6.45. The lowest BCUT2D eigenvalue weighted by Crippen LogP contribution is -2.24. The van der Waals surface area contributed by atoms with Crippen molar-refractivity contribution in [3.63, 3.8) is 0 Å². The standard InChI is InChI=1S/C23H14ClF3N2O3/c1-28-15-6-8-17(9-7-15)32-18-4-2-3-16(13-18)29-22(31)21(30)12-14-5-10-20(24)19(11-14)23(25,26)27/h2-11,13H,12H2,(H,29,31). The Morgan fingerprint density at radius 1 is 1.00 bits per heavy atom.